The maximum absolute atomic E-state index is 5.35. The maximum atomic E-state index is 5.35. The standard InChI is InChI=1S/C22H23N5O2/c1-15-5-4-6-17(7-15)19-10-18(22-24-25-26-27(22)14-19)13-23-12-16-8-20(28-2)11-21(9-16)29-3/h4-11,14,23H,12-13H2,1-3H3. The Morgan fingerprint density at radius 3 is 2.45 bits per heavy atom. The quantitative estimate of drug-likeness (QED) is 0.522. The molecule has 7 heteroatoms. The zero-order valence-electron chi connectivity index (χ0n) is 16.7. The molecule has 0 saturated heterocycles. The second-order valence-corrected chi connectivity index (χ2v) is 6.90. The molecule has 0 aliphatic rings. The van der Waals surface area contributed by atoms with Gasteiger partial charge in [-0.25, -0.2) is 0 Å². The number of nitrogens with zero attached hydrogens (tertiary/aromatic N) is 4. The summed E-state index contributed by atoms with van der Waals surface area (Å²) in [5.41, 5.74) is 6.29. The molecular weight excluding hydrogens is 366 g/mol. The molecule has 4 rings (SSSR count). The van der Waals surface area contributed by atoms with E-state index in [1.165, 1.54) is 5.56 Å². The molecule has 29 heavy (non-hydrogen) atoms. The fourth-order valence-electron chi connectivity index (χ4n) is 3.34. The molecule has 0 saturated carbocycles. The predicted molar refractivity (Wildman–Crippen MR) is 111 cm³/mol. The van der Waals surface area contributed by atoms with Gasteiger partial charge in [-0.1, -0.05) is 29.8 Å². The van der Waals surface area contributed by atoms with Gasteiger partial charge in [0.05, 0.1) is 14.2 Å². The molecule has 1 N–H and O–H groups in total. The fraction of sp³-hybridized carbons (Fsp3) is 0.227. The molecule has 0 radical (unpaired) electrons. The Morgan fingerprint density at radius 1 is 0.931 bits per heavy atom. The first-order chi connectivity index (χ1) is 14.2. The van der Waals surface area contributed by atoms with Gasteiger partial charge in [-0.05, 0) is 46.7 Å². The van der Waals surface area contributed by atoms with Crippen LogP contribution in [0.2, 0.25) is 0 Å². The summed E-state index contributed by atoms with van der Waals surface area (Å²) in [6.45, 7) is 3.38. The van der Waals surface area contributed by atoms with E-state index in [-0.39, 0.29) is 0 Å². The molecule has 0 unspecified atom stereocenters. The summed E-state index contributed by atoms with van der Waals surface area (Å²) < 4.78 is 12.4. The Bertz CT molecular complexity index is 1120. The fourth-order valence-corrected chi connectivity index (χ4v) is 3.34. The summed E-state index contributed by atoms with van der Waals surface area (Å²) in [5, 5.41) is 15.6. The molecule has 0 atom stereocenters. The number of hydrogen-bond acceptors (Lipinski definition) is 6. The number of methoxy groups -OCH3 is 2. The largest absolute Gasteiger partial charge is 0.497 e. The molecule has 2 aromatic carbocycles. The molecule has 7 nitrogen and oxygen atoms in total. The molecule has 0 fully saturated rings. The van der Waals surface area contributed by atoms with E-state index in [0.717, 1.165) is 39.4 Å². The Hall–Kier alpha value is -3.45. The van der Waals surface area contributed by atoms with Crippen molar-refractivity contribution in [2.24, 2.45) is 0 Å². The van der Waals surface area contributed by atoms with Crippen LogP contribution in [-0.4, -0.2) is 34.3 Å². The number of ether oxygens (including phenoxy) is 2. The highest BCUT2D eigenvalue weighted by Crippen LogP contribution is 2.24. The normalized spacial score (nSPS) is 11.0. The third-order valence-electron chi connectivity index (χ3n) is 4.78. The maximum Gasteiger partial charge on any atom is 0.183 e. The first-order valence-corrected chi connectivity index (χ1v) is 9.36. The molecule has 148 valence electrons. The van der Waals surface area contributed by atoms with Crippen LogP contribution in [-0.2, 0) is 13.1 Å². The summed E-state index contributed by atoms with van der Waals surface area (Å²) >= 11 is 0. The lowest BCUT2D eigenvalue weighted by Crippen LogP contribution is -2.14. The first kappa shape index (κ1) is 18.9. The minimum absolute atomic E-state index is 0.628. The van der Waals surface area contributed by atoms with Gasteiger partial charge in [0.15, 0.2) is 5.65 Å². The van der Waals surface area contributed by atoms with E-state index in [1.807, 2.05) is 24.4 Å². The lowest BCUT2D eigenvalue weighted by molar-refractivity contribution is 0.393. The third kappa shape index (κ3) is 4.20. The van der Waals surface area contributed by atoms with Gasteiger partial charge in [-0.3, -0.25) is 0 Å². The minimum Gasteiger partial charge on any atom is -0.497 e. The van der Waals surface area contributed by atoms with E-state index in [0.29, 0.717) is 13.1 Å². The number of fused-ring (bicyclic) bond motifs is 1. The van der Waals surface area contributed by atoms with Crippen molar-refractivity contribution in [1.82, 2.24) is 25.4 Å². The predicted octanol–water partition coefficient (Wildman–Crippen LogP) is 3.41. The second-order valence-electron chi connectivity index (χ2n) is 6.90. The van der Waals surface area contributed by atoms with Crippen LogP contribution >= 0.6 is 0 Å². The van der Waals surface area contributed by atoms with Crippen LogP contribution in [0.5, 0.6) is 11.5 Å². The van der Waals surface area contributed by atoms with Gasteiger partial charge in [-0.2, -0.15) is 4.52 Å². The van der Waals surface area contributed by atoms with E-state index in [1.54, 1.807) is 18.7 Å². The number of rotatable bonds is 7. The van der Waals surface area contributed by atoms with E-state index in [4.69, 9.17) is 9.47 Å². The van der Waals surface area contributed by atoms with Crippen molar-refractivity contribution >= 4 is 5.65 Å². The number of aromatic nitrogens is 4. The van der Waals surface area contributed by atoms with E-state index in [2.05, 4.69) is 58.1 Å². The van der Waals surface area contributed by atoms with Crippen molar-refractivity contribution < 1.29 is 9.47 Å². The topological polar surface area (TPSA) is 73.6 Å². The lowest BCUT2D eigenvalue weighted by Gasteiger charge is -2.11. The summed E-state index contributed by atoms with van der Waals surface area (Å²) in [4.78, 5) is 0. The molecule has 0 spiro atoms. The van der Waals surface area contributed by atoms with Gasteiger partial charge in [0.25, 0.3) is 0 Å². The highest BCUT2D eigenvalue weighted by Gasteiger charge is 2.10. The van der Waals surface area contributed by atoms with E-state index < -0.39 is 0 Å². The van der Waals surface area contributed by atoms with Crippen LogP contribution in [0.25, 0.3) is 16.8 Å². The average Bonchev–Trinajstić information content (AvgIpc) is 3.22. The summed E-state index contributed by atoms with van der Waals surface area (Å²) in [7, 11) is 3.30. The Labute approximate surface area is 169 Å². The van der Waals surface area contributed by atoms with Crippen molar-refractivity contribution in [2.45, 2.75) is 20.0 Å². The number of hydrogen-bond donors (Lipinski definition) is 1. The Kier molecular flexibility index (Phi) is 5.39. The zero-order valence-corrected chi connectivity index (χ0v) is 16.7. The van der Waals surface area contributed by atoms with Gasteiger partial charge in [0.2, 0.25) is 0 Å². The Morgan fingerprint density at radius 2 is 1.72 bits per heavy atom. The van der Waals surface area contributed by atoms with Crippen molar-refractivity contribution in [3.63, 3.8) is 0 Å². The number of aryl methyl sites for hydroxylation is 1. The molecule has 0 aliphatic carbocycles. The summed E-state index contributed by atoms with van der Waals surface area (Å²) in [6, 6.07) is 16.4. The summed E-state index contributed by atoms with van der Waals surface area (Å²) in [6.07, 6.45) is 1.96. The molecular formula is C22H23N5O2. The van der Waals surface area contributed by atoms with Gasteiger partial charge >= 0.3 is 0 Å². The number of tetrazole rings is 1. The van der Waals surface area contributed by atoms with Gasteiger partial charge in [0, 0.05) is 36.5 Å². The lowest BCUT2D eigenvalue weighted by atomic mass is 10.0. The summed E-state index contributed by atoms with van der Waals surface area (Å²) in [5.74, 6) is 1.54. The highest BCUT2D eigenvalue weighted by atomic mass is 16.5. The monoisotopic (exact) mass is 389 g/mol. The van der Waals surface area contributed by atoms with Crippen molar-refractivity contribution in [2.75, 3.05) is 14.2 Å². The molecule has 2 aromatic heterocycles. The van der Waals surface area contributed by atoms with Gasteiger partial charge in [0.1, 0.15) is 11.5 Å². The SMILES string of the molecule is COc1cc(CNCc2cc(-c3cccc(C)c3)cn3nnnc23)cc(OC)c1. The first-order valence-electron chi connectivity index (χ1n) is 9.36. The smallest absolute Gasteiger partial charge is 0.183 e. The zero-order chi connectivity index (χ0) is 20.2. The number of pyridine rings is 1. The van der Waals surface area contributed by atoms with Crippen LogP contribution in [0, 0.1) is 6.92 Å². The average molecular weight is 389 g/mol. The highest BCUT2D eigenvalue weighted by molar-refractivity contribution is 5.67. The van der Waals surface area contributed by atoms with E-state index in [9.17, 15) is 0 Å². The Balaban J connectivity index is 1.57. The second kappa shape index (κ2) is 8.28. The molecule has 0 aliphatic heterocycles. The van der Waals surface area contributed by atoms with Crippen LogP contribution in [0.3, 0.4) is 0 Å². The molecule has 4 aromatic rings. The van der Waals surface area contributed by atoms with Crippen LogP contribution in [0.15, 0.2) is 54.7 Å². The van der Waals surface area contributed by atoms with Gasteiger partial charge < -0.3 is 14.8 Å². The molecule has 0 amide bonds. The van der Waals surface area contributed by atoms with Crippen LogP contribution in [0.1, 0.15) is 16.7 Å². The van der Waals surface area contributed by atoms with Gasteiger partial charge in [-0.15, -0.1) is 5.10 Å². The van der Waals surface area contributed by atoms with Crippen molar-refractivity contribution in [3.8, 4) is 22.6 Å². The third-order valence-corrected chi connectivity index (χ3v) is 4.78. The van der Waals surface area contributed by atoms with Crippen molar-refractivity contribution in [3.05, 3.63) is 71.4 Å². The molecule has 0 bridgehead atoms. The number of benzene rings is 2. The number of nitrogens with one attached hydrogen (secondary N) is 1. The van der Waals surface area contributed by atoms with E-state index >= 15 is 0 Å². The minimum atomic E-state index is 0.628. The van der Waals surface area contributed by atoms with Crippen LogP contribution in [0.4, 0.5) is 0 Å². The van der Waals surface area contributed by atoms with Crippen LogP contribution < -0.4 is 14.8 Å². The van der Waals surface area contributed by atoms with Crippen molar-refractivity contribution in [1.29, 1.82) is 0 Å². The molecule has 2 heterocycles.